The molecule has 0 saturated carbocycles. The van der Waals surface area contributed by atoms with Crippen LogP contribution in [0.1, 0.15) is 5.69 Å². The first-order valence-electron chi connectivity index (χ1n) is 6.80. The molecule has 6 nitrogen and oxygen atoms in total. The molecular weight excluding hydrogens is 270 g/mol. The maximum atomic E-state index is 11.4. The molecule has 0 fully saturated rings. The second-order valence-electron chi connectivity index (χ2n) is 4.44. The van der Waals surface area contributed by atoms with E-state index in [1.165, 1.54) is 0 Å². The third kappa shape index (κ3) is 4.92. The van der Waals surface area contributed by atoms with E-state index < -0.39 is 0 Å². The Morgan fingerprint density at radius 2 is 2.00 bits per heavy atom. The minimum atomic E-state index is -0.209. The van der Waals surface area contributed by atoms with Crippen molar-refractivity contribution in [2.75, 3.05) is 26.8 Å². The van der Waals surface area contributed by atoms with Crippen molar-refractivity contribution in [3.05, 3.63) is 42.3 Å². The number of nitrogens with one attached hydrogen (secondary N) is 2. The Balaban J connectivity index is 1.75. The molecule has 2 aromatic rings. The number of carbonyl (C=O) groups is 1. The zero-order valence-electron chi connectivity index (χ0n) is 12.0. The molecule has 0 radical (unpaired) electrons. The standard InChI is InChI=1S/C15H19N3O3/c1-20-10-9-17-15(19)16-8-7-13-11-21-14(18-13)12-5-3-2-4-6-12/h2-6,11H,7-10H2,1H3,(H2,16,17,19). The lowest BCUT2D eigenvalue weighted by Crippen LogP contribution is -2.38. The summed E-state index contributed by atoms with van der Waals surface area (Å²) in [6.45, 7) is 1.49. The first kappa shape index (κ1) is 15.1. The van der Waals surface area contributed by atoms with Crippen LogP contribution in [0, 0.1) is 0 Å². The van der Waals surface area contributed by atoms with Crippen molar-refractivity contribution in [3.63, 3.8) is 0 Å². The van der Waals surface area contributed by atoms with Gasteiger partial charge < -0.3 is 19.8 Å². The molecule has 112 valence electrons. The van der Waals surface area contributed by atoms with Crippen LogP contribution in [0.5, 0.6) is 0 Å². The van der Waals surface area contributed by atoms with Crippen LogP contribution >= 0.6 is 0 Å². The number of ether oxygens (including phenoxy) is 1. The van der Waals surface area contributed by atoms with Gasteiger partial charge in [-0.2, -0.15) is 0 Å². The van der Waals surface area contributed by atoms with Crippen molar-refractivity contribution >= 4 is 6.03 Å². The minimum absolute atomic E-state index is 0.209. The number of rotatable bonds is 7. The van der Waals surface area contributed by atoms with E-state index in [4.69, 9.17) is 9.15 Å². The second-order valence-corrected chi connectivity index (χ2v) is 4.44. The number of methoxy groups -OCH3 is 1. The van der Waals surface area contributed by atoms with Gasteiger partial charge in [-0.15, -0.1) is 0 Å². The average Bonchev–Trinajstić information content (AvgIpc) is 2.97. The Kier molecular flexibility index (Phi) is 5.78. The van der Waals surface area contributed by atoms with Gasteiger partial charge in [0.2, 0.25) is 5.89 Å². The van der Waals surface area contributed by atoms with Crippen molar-refractivity contribution in [1.29, 1.82) is 0 Å². The number of hydrogen-bond donors (Lipinski definition) is 2. The number of urea groups is 1. The van der Waals surface area contributed by atoms with Crippen molar-refractivity contribution in [2.45, 2.75) is 6.42 Å². The van der Waals surface area contributed by atoms with E-state index in [-0.39, 0.29) is 6.03 Å². The Morgan fingerprint density at radius 1 is 1.24 bits per heavy atom. The van der Waals surface area contributed by atoms with Gasteiger partial charge in [0.05, 0.1) is 12.3 Å². The van der Waals surface area contributed by atoms with E-state index >= 15 is 0 Å². The summed E-state index contributed by atoms with van der Waals surface area (Å²) < 4.78 is 10.3. The van der Waals surface area contributed by atoms with Crippen LogP contribution in [-0.4, -0.2) is 37.8 Å². The molecule has 0 aliphatic rings. The zero-order chi connectivity index (χ0) is 14.9. The van der Waals surface area contributed by atoms with Gasteiger partial charge in [0, 0.05) is 32.2 Å². The lowest BCUT2D eigenvalue weighted by molar-refractivity contribution is 0.196. The normalized spacial score (nSPS) is 10.3. The summed E-state index contributed by atoms with van der Waals surface area (Å²) in [5.41, 5.74) is 1.75. The summed E-state index contributed by atoms with van der Waals surface area (Å²) in [7, 11) is 1.59. The van der Waals surface area contributed by atoms with Crippen LogP contribution in [0.2, 0.25) is 0 Å². The number of benzene rings is 1. The van der Waals surface area contributed by atoms with Gasteiger partial charge in [-0.3, -0.25) is 0 Å². The molecule has 0 aliphatic heterocycles. The molecule has 2 rings (SSSR count). The van der Waals surface area contributed by atoms with Gasteiger partial charge in [-0.25, -0.2) is 9.78 Å². The first-order valence-corrected chi connectivity index (χ1v) is 6.80. The molecule has 2 amide bonds. The third-order valence-corrected chi connectivity index (χ3v) is 2.83. The predicted molar refractivity (Wildman–Crippen MR) is 78.9 cm³/mol. The topological polar surface area (TPSA) is 76.4 Å². The van der Waals surface area contributed by atoms with Gasteiger partial charge in [0.1, 0.15) is 6.26 Å². The van der Waals surface area contributed by atoms with Gasteiger partial charge in [0.15, 0.2) is 0 Å². The summed E-state index contributed by atoms with van der Waals surface area (Å²) in [5, 5.41) is 5.43. The minimum Gasteiger partial charge on any atom is -0.444 e. The summed E-state index contributed by atoms with van der Waals surface area (Å²) in [6.07, 6.45) is 2.24. The highest BCUT2D eigenvalue weighted by Gasteiger charge is 2.06. The zero-order valence-corrected chi connectivity index (χ0v) is 12.0. The van der Waals surface area contributed by atoms with Gasteiger partial charge in [-0.1, -0.05) is 18.2 Å². The maximum absolute atomic E-state index is 11.4. The van der Waals surface area contributed by atoms with Crippen LogP contribution in [0.15, 0.2) is 41.0 Å². The van der Waals surface area contributed by atoms with E-state index in [1.807, 2.05) is 30.3 Å². The highest BCUT2D eigenvalue weighted by molar-refractivity contribution is 5.73. The summed E-state index contributed by atoms with van der Waals surface area (Å²) in [5.74, 6) is 0.593. The van der Waals surface area contributed by atoms with Crippen molar-refractivity contribution in [2.24, 2.45) is 0 Å². The average molecular weight is 289 g/mol. The van der Waals surface area contributed by atoms with Crippen molar-refractivity contribution in [3.8, 4) is 11.5 Å². The summed E-state index contributed by atoms with van der Waals surface area (Å²) >= 11 is 0. The van der Waals surface area contributed by atoms with Crippen molar-refractivity contribution < 1.29 is 13.9 Å². The van der Waals surface area contributed by atoms with Crippen molar-refractivity contribution in [1.82, 2.24) is 15.6 Å². The first-order chi connectivity index (χ1) is 10.3. The number of nitrogens with zero attached hydrogens (tertiary/aromatic N) is 1. The van der Waals surface area contributed by atoms with Crippen LogP contribution in [0.25, 0.3) is 11.5 Å². The molecule has 6 heteroatoms. The Labute approximate surface area is 123 Å². The number of oxazole rings is 1. The third-order valence-electron chi connectivity index (χ3n) is 2.83. The van der Waals surface area contributed by atoms with Crippen LogP contribution in [0.4, 0.5) is 4.79 Å². The van der Waals surface area contributed by atoms with E-state index in [0.717, 1.165) is 11.3 Å². The van der Waals surface area contributed by atoms with Gasteiger partial charge in [0.25, 0.3) is 0 Å². The molecule has 1 aromatic heterocycles. The van der Waals surface area contributed by atoms with Gasteiger partial charge in [-0.05, 0) is 12.1 Å². The quantitative estimate of drug-likeness (QED) is 0.762. The smallest absolute Gasteiger partial charge is 0.314 e. The van der Waals surface area contributed by atoms with E-state index in [1.54, 1.807) is 13.4 Å². The Bertz CT molecular complexity index is 554. The fourth-order valence-corrected chi connectivity index (χ4v) is 1.77. The monoisotopic (exact) mass is 289 g/mol. The SMILES string of the molecule is COCCNC(=O)NCCc1coc(-c2ccccc2)n1. The Hall–Kier alpha value is -2.34. The molecule has 2 N–H and O–H groups in total. The molecule has 1 aromatic carbocycles. The highest BCUT2D eigenvalue weighted by atomic mass is 16.5. The number of aromatic nitrogens is 1. The van der Waals surface area contributed by atoms with E-state index in [0.29, 0.717) is 32.0 Å². The van der Waals surface area contributed by atoms with Crippen LogP contribution in [-0.2, 0) is 11.2 Å². The van der Waals surface area contributed by atoms with E-state index in [9.17, 15) is 4.79 Å². The molecular formula is C15H19N3O3. The van der Waals surface area contributed by atoms with Crippen LogP contribution < -0.4 is 10.6 Å². The highest BCUT2D eigenvalue weighted by Crippen LogP contribution is 2.17. The number of hydrogen-bond acceptors (Lipinski definition) is 4. The lowest BCUT2D eigenvalue weighted by Gasteiger charge is -2.05. The van der Waals surface area contributed by atoms with Gasteiger partial charge >= 0.3 is 6.03 Å². The molecule has 0 atom stereocenters. The number of carbonyl (C=O) groups excluding carboxylic acids is 1. The fourth-order valence-electron chi connectivity index (χ4n) is 1.77. The lowest BCUT2D eigenvalue weighted by atomic mass is 10.2. The predicted octanol–water partition coefficient (Wildman–Crippen LogP) is 1.83. The molecule has 0 unspecified atom stereocenters. The summed E-state index contributed by atoms with van der Waals surface area (Å²) in [6, 6.07) is 9.49. The molecule has 0 bridgehead atoms. The molecule has 0 spiro atoms. The van der Waals surface area contributed by atoms with E-state index in [2.05, 4.69) is 15.6 Å². The number of amides is 2. The largest absolute Gasteiger partial charge is 0.444 e. The second kappa shape index (κ2) is 8.06. The fraction of sp³-hybridized carbons (Fsp3) is 0.333. The molecule has 1 heterocycles. The Morgan fingerprint density at radius 3 is 2.76 bits per heavy atom. The summed E-state index contributed by atoms with van der Waals surface area (Å²) in [4.78, 5) is 15.8. The van der Waals surface area contributed by atoms with Crippen LogP contribution in [0.3, 0.4) is 0 Å². The maximum Gasteiger partial charge on any atom is 0.314 e. The molecule has 21 heavy (non-hydrogen) atoms. The molecule has 0 aliphatic carbocycles. The molecule has 0 saturated heterocycles.